The highest BCUT2D eigenvalue weighted by atomic mass is 79.9. The molecule has 0 amide bonds. The number of halogens is 1. The van der Waals surface area contributed by atoms with Crippen LogP contribution >= 0.6 is 15.9 Å². The van der Waals surface area contributed by atoms with Gasteiger partial charge in [0.05, 0.1) is 5.69 Å². The monoisotopic (exact) mass is 397 g/mol. The fraction of sp³-hybridized carbons (Fsp3) is 0.0588. The minimum Gasteiger partial charge on any atom is -0.484 e. The van der Waals surface area contributed by atoms with Gasteiger partial charge in [-0.1, -0.05) is 30.3 Å². The fourth-order valence-corrected chi connectivity index (χ4v) is 2.72. The lowest BCUT2D eigenvalue weighted by atomic mass is 10.2. The van der Waals surface area contributed by atoms with Crippen LogP contribution in [-0.2, 0) is 6.61 Å². The molecule has 0 bridgehead atoms. The molecule has 0 unspecified atom stereocenters. The van der Waals surface area contributed by atoms with Crippen molar-refractivity contribution in [2.75, 3.05) is 0 Å². The van der Waals surface area contributed by atoms with Gasteiger partial charge in [-0.25, -0.2) is 9.97 Å². The van der Waals surface area contributed by atoms with Gasteiger partial charge < -0.3 is 4.74 Å². The standard InChI is InChI=1S/C17H12BrN5O2/c18-15-13(7-4-8-19-15)25-10-12-9-14(24)23-17(20-12)21-16(22-23)11-5-2-1-3-6-11/h1-9H,10H2,(H,20,21,22). The van der Waals surface area contributed by atoms with Gasteiger partial charge in [-0.05, 0) is 28.1 Å². The van der Waals surface area contributed by atoms with Crippen LogP contribution in [0.5, 0.6) is 5.75 Å². The molecule has 0 atom stereocenters. The third-order valence-electron chi connectivity index (χ3n) is 3.53. The highest BCUT2D eigenvalue weighted by Crippen LogP contribution is 2.22. The van der Waals surface area contributed by atoms with Gasteiger partial charge in [0.15, 0.2) is 11.6 Å². The lowest BCUT2D eigenvalue weighted by Gasteiger charge is -2.06. The number of ether oxygens (including phenoxy) is 1. The molecule has 0 aliphatic heterocycles. The molecule has 124 valence electrons. The molecule has 8 heteroatoms. The lowest BCUT2D eigenvalue weighted by Crippen LogP contribution is -2.16. The van der Waals surface area contributed by atoms with Crippen LogP contribution in [0.1, 0.15) is 5.69 Å². The van der Waals surface area contributed by atoms with Crippen LogP contribution in [0.15, 0.2) is 64.1 Å². The summed E-state index contributed by atoms with van der Waals surface area (Å²) in [7, 11) is 0. The minimum absolute atomic E-state index is 0.142. The quantitative estimate of drug-likeness (QED) is 0.535. The predicted molar refractivity (Wildman–Crippen MR) is 95.3 cm³/mol. The summed E-state index contributed by atoms with van der Waals surface area (Å²) < 4.78 is 7.57. The van der Waals surface area contributed by atoms with Gasteiger partial charge in [-0.15, -0.1) is 0 Å². The summed E-state index contributed by atoms with van der Waals surface area (Å²) in [5, 5.41) is 2.96. The smallest absolute Gasteiger partial charge is 0.274 e. The Morgan fingerprint density at radius 3 is 2.76 bits per heavy atom. The molecule has 0 saturated heterocycles. The molecule has 3 aromatic heterocycles. The number of pyridine rings is 1. The zero-order chi connectivity index (χ0) is 17.2. The number of nitrogens with zero attached hydrogens (tertiary/aromatic N) is 4. The van der Waals surface area contributed by atoms with Crippen molar-refractivity contribution in [2.24, 2.45) is 0 Å². The molecule has 0 spiro atoms. The SMILES string of the molecule is O=c1cc(COc2cccnc2Br)nc2nc(-c3ccccc3)[nH]n12. The van der Waals surface area contributed by atoms with Gasteiger partial charge in [0.25, 0.3) is 11.3 Å². The van der Waals surface area contributed by atoms with E-state index in [1.54, 1.807) is 18.3 Å². The van der Waals surface area contributed by atoms with Gasteiger partial charge in [0.1, 0.15) is 11.2 Å². The van der Waals surface area contributed by atoms with Crippen LogP contribution in [0, 0.1) is 0 Å². The van der Waals surface area contributed by atoms with E-state index in [0.717, 1.165) is 5.56 Å². The Morgan fingerprint density at radius 2 is 1.96 bits per heavy atom. The van der Waals surface area contributed by atoms with Crippen LogP contribution in [0.2, 0.25) is 0 Å². The predicted octanol–water partition coefficient (Wildman–Crippen LogP) is 2.82. The maximum atomic E-state index is 12.3. The molecule has 1 N–H and O–H groups in total. The van der Waals surface area contributed by atoms with Crippen molar-refractivity contribution < 1.29 is 4.74 Å². The number of benzene rings is 1. The van der Waals surface area contributed by atoms with E-state index < -0.39 is 0 Å². The normalized spacial score (nSPS) is 10.9. The molecule has 25 heavy (non-hydrogen) atoms. The highest BCUT2D eigenvalue weighted by molar-refractivity contribution is 9.10. The van der Waals surface area contributed by atoms with E-state index in [0.29, 0.717) is 27.6 Å². The number of nitrogens with one attached hydrogen (secondary N) is 1. The molecule has 4 aromatic rings. The van der Waals surface area contributed by atoms with Gasteiger partial charge >= 0.3 is 0 Å². The maximum absolute atomic E-state index is 12.3. The Labute approximate surface area is 150 Å². The van der Waals surface area contributed by atoms with Gasteiger partial charge in [0.2, 0.25) is 0 Å². The third-order valence-corrected chi connectivity index (χ3v) is 4.13. The maximum Gasteiger partial charge on any atom is 0.274 e. The first-order chi connectivity index (χ1) is 12.2. The van der Waals surface area contributed by atoms with Crippen LogP contribution < -0.4 is 10.3 Å². The van der Waals surface area contributed by atoms with Crippen molar-refractivity contribution in [3.05, 3.63) is 75.4 Å². The summed E-state index contributed by atoms with van der Waals surface area (Å²) in [5.74, 6) is 1.46. The molecule has 0 fully saturated rings. The van der Waals surface area contributed by atoms with Crippen molar-refractivity contribution in [3.8, 4) is 17.1 Å². The average Bonchev–Trinajstić information content (AvgIpc) is 3.07. The molecule has 0 saturated carbocycles. The third kappa shape index (κ3) is 3.16. The van der Waals surface area contributed by atoms with Crippen LogP contribution in [-0.4, -0.2) is 24.6 Å². The topological polar surface area (TPSA) is 85.2 Å². The zero-order valence-electron chi connectivity index (χ0n) is 12.9. The molecule has 4 rings (SSSR count). The van der Waals surface area contributed by atoms with Crippen molar-refractivity contribution in [2.45, 2.75) is 6.61 Å². The Kier molecular flexibility index (Phi) is 4.02. The van der Waals surface area contributed by atoms with E-state index in [9.17, 15) is 4.79 Å². The summed E-state index contributed by atoms with van der Waals surface area (Å²) in [6.07, 6.45) is 1.66. The van der Waals surface area contributed by atoms with E-state index in [4.69, 9.17) is 4.74 Å². The first kappa shape index (κ1) is 15.5. The molecule has 1 aromatic carbocycles. The van der Waals surface area contributed by atoms with Gasteiger partial charge in [-0.2, -0.15) is 9.50 Å². The second-order valence-corrected chi connectivity index (χ2v) is 5.99. The first-order valence-electron chi connectivity index (χ1n) is 7.48. The number of fused-ring (bicyclic) bond motifs is 1. The van der Waals surface area contributed by atoms with Crippen molar-refractivity contribution in [1.29, 1.82) is 0 Å². The van der Waals surface area contributed by atoms with Crippen LogP contribution in [0.3, 0.4) is 0 Å². The van der Waals surface area contributed by atoms with E-state index >= 15 is 0 Å². The number of rotatable bonds is 4. The number of hydrogen-bond acceptors (Lipinski definition) is 5. The molecule has 0 aliphatic carbocycles. The van der Waals surface area contributed by atoms with E-state index in [1.807, 2.05) is 30.3 Å². The number of aromatic amines is 1. The Bertz CT molecular complexity index is 1090. The number of H-pyrrole nitrogens is 1. The van der Waals surface area contributed by atoms with Crippen molar-refractivity contribution in [3.63, 3.8) is 0 Å². The minimum atomic E-state index is -0.247. The summed E-state index contributed by atoms with van der Waals surface area (Å²) in [6, 6.07) is 14.5. The van der Waals surface area contributed by atoms with E-state index in [2.05, 4.69) is 36.0 Å². The number of aromatic nitrogens is 5. The summed E-state index contributed by atoms with van der Waals surface area (Å²) in [6.45, 7) is 0.142. The average molecular weight is 398 g/mol. The summed E-state index contributed by atoms with van der Waals surface area (Å²) >= 11 is 3.31. The van der Waals surface area contributed by atoms with Gasteiger partial charge in [-0.3, -0.25) is 9.89 Å². The molecule has 0 radical (unpaired) electrons. The summed E-state index contributed by atoms with van der Waals surface area (Å²) in [5.41, 5.74) is 1.12. The molecule has 7 nitrogen and oxygen atoms in total. The summed E-state index contributed by atoms with van der Waals surface area (Å²) in [4.78, 5) is 25.2. The Hall–Kier alpha value is -3.00. The Morgan fingerprint density at radius 1 is 1.12 bits per heavy atom. The van der Waals surface area contributed by atoms with Crippen LogP contribution in [0.4, 0.5) is 0 Å². The van der Waals surface area contributed by atoms with Crippen LogP contribution in [0.25, 0.3) is 17.2 Å². The van der Waals surface area contributed by atoms with Gasteiger partial charge in [0, 0.05) is 17.8 Å². The van der Waals surface area contributed by atoms with E-state index in [1.165, 1.54) is 10.6 Å². The largest absolute Gasteiger partial charge is 0.484 e. The van der Waals surface area contributed by atoms with Crippen molar-refractivity contribution >= 4 is 21.7 Å². The second kappa shape index (κ2) is 6.48. The van der Waals surface area contributed by atoms with E-state index in [-0.39, 0.29) is 12.2 Å². The number of hydrogen-bond donors (Lipinski definition) is 1. The molecular weight excluding hydrogens is 386 g/mol. The molecular formula is C17H12BrN5O2. The lowest BCUT2D eigenvalue weighted by molar-refractivity contribution is 0.297. The Balaban J connectivity index is 1.65. The highest BCUT2D eigenvalue weighted by Gasteiger charge is 2.10. The fourth-order valence-electron chi connectivity index (χ4n) is 2.36. The second-order valence-electron chi connectivity index (χ2n) is 5.24. The molecule has 3 heterocycles. The molecule has 0 aliphatic rings. The zero-order valence-corrected chi connectivity index (χ0v) is 14.5. The first-order valence-corrected chi connectivity index (χ1v) is 8.27. The van der Waals surface area contributed by atoms with Crippen molar-refractivity contribution in [1.82, 2.24) is 24.6 Å².